The topological polar surface area (TPSA) is 110 Å². The minimum absolute atomic E-state index is 0.0308. The third-order valence-corrected chi connectivity index (χ3v) is 7.81. The van der Waals surface area contributed by atoms with Gasteiger partial charge in [-0.15, -0.1) is 0 Å². The molecule has 188 valence electrons. The van der Waals surface area contributed by atoms with Crippen molar-refractivity contribution in [2.24, 2.45) is 0 Å². The molecule has 3 aliphatic rings. The summed E-state index contributed by atoms with van der Waals surface area (Å²) in [4.78, 5) is 28.3. The Balaban J connectivity index is 1.23. The first-order chi connectivity index (χ1) is 17.9. The Bertz CT molecular complexity index is 1590. The summed E-state index contributed by atoms with van der Waals surface area (Å²) in [5.74, 6) is 2.13. The van der Waals surface area contributed by atoms with Crippen LogP contribution in [0.1, 0.15) is 29.8 Å². The Morgan fingerprint density at radius 3 is 2.81 bits per heavy atom. The van der Waals surface area contributed by atoms with Crippen LogP contribution in [0.3, 0.4) is 0 Å². The number of likely N-dealkylation sites (N-methyl/N-ethyl adjacent to an activating group) is 1. The molecular formula is C27H28N8O2. The van der Waals surface area contributed by atoms with Crippen LogP contribution >= 0.6 is 0 Å². The number of aromatic nitrogens is 5. The first-order valence-electron chi connectivity index (χ1n) is 12.6. The van der Waals surface area contributed by atoms with Crippen molar-refractivity contribution in [2.45, 2.75) is 38.6 Å². The van der Waals surface area contributed by atoms with E-state index in [0.29, 0.717) is 24.1 Å². The predicted octanol–water partition coefficient (Wildman–Crippen LogP) is 3.56. The van der Waals surface area contributed by atoms with Crippen LogP contribution in [0.15, 0.2) is 30.6 Å². The lowest BCUT2D eigenvalue weighted by Gasteiger charge is -2.21. The standard InChI is InChI=1S/C27H28N8O2/c1-15-18(11-30-26-25(15)28-6-7-37-26)20-8-17-9-22(29-12-19(17)16(2)31-20)32-23-10-21-27(4-5-27)14-34(3)24(36)13-35(21)33-23/h8-12,28H,4-7,13-14H2,1-3H3,(H,29,32,33). The Morgan fingerprint density at radius 2 is 1.97 bits per heavy atom. The van der Waals surface area contributed by atoms with E-state index in [1.807, 2.05) is 42.0 Å². The van der Waals surface area contributed by atoms with Gasteiger partial charge in [-0.3, -0.25) is 14.5 Å². The fourth-order valence-corrected chi connectivity index (χ4v) is 5.59. The lowest BCUT2D eigenvalue weighted by molar-refractivity contribution is -0.130. The Kier molecular flexibility index (Phi) is 4.70. The molecule has 10 heteroatoms. The average molecular weight is 497 g/mol. The first kappa shape index (κ1) is 22.0. The molecule has 0 unspecified atom stereocenters. The zero-order chi connectivity index (χ0) is 25.3. The summed E-state index contributed by atoms with van der Waals surface area (Å²) in [6.45, 7) is 6.45. The van der Waals surface area contributed by atoms with Gasteiger partial charge in [-0.25, -0.2) is 9.97 Å². The monoisotopic (exact) mass is 496 g/mol. The van der Waals surface area contributed by atoms with Crippen molar-refractivity contribution in [3.8, 4) is 17.1 Å². The zero-order valence-electron chi connectivity index (χ0n) is 21.1. The summed E-state index contributed by atoms with van der Waals surface area (Å²) < 4.78 is 7.55. The fourth-order valence-electron chi connectivity index (χ4n) is 5.59. The van der Waals surface area contributed by atoms with E-state index in [-0.39, 0.29) is 17.9 Å². The van der Waals surface area contributed by atoms with Gasteiger partial charge in [0.2, 0.25) is 11.8 Å². The van der Waals surface area contributed by atoms with Crippen LogP contribution in [0.4, 0.5) is 17.3 Å². The lowest BCUT2D eigenvalue weighted by Crippen LogP contribution is -2.32. The Hall–Kier alpha value is -4.21. The molecule has 4 aromatic rings. The molecule has 1 aliphatic carbocycles. The van der Waals surface area contributed by atoms with Crippen LogP contribution in [-0.2, 0) is 16.8 Å². The normalized spacial score (nSPS) is 17.6. The van der Waals surface area contributed by atoms with Crippen LogP contribution in [0.2, 0.25) is 0 Å². The summed E-state index contributed by atoms with van der Waals surface area (Å²) >= 11 is 0. The van der Waals surface area contributed by atoms with Crippen molar-refractivity contribution in [3.05, 3.63) is 47.5 Å². The Labute approximate surface area is 214 Å². The van der Waals surface area contributed by atoms with Gasteiger partial charge in [-0.2, -0.15) is 5.10 Å². The molecule has 0 saturated heterocycles. The predicted molar refractivity (Wildman–Crippen MR) is 140 cm³/mol. The largest absolute Gasteiger partial charge is 0.474 e. The van der Waals surface area contributed by atoms with Crippen molar-refractivity contribution in [2.75, 3.05) is 37.4 Å². The van der Waals surface area contributed by atoms with E-state index in [4.69, 9.17) is 14.8 Å². The van der Waals surface area contributed by atoms with Gasteiger partial charge >= 0.3 is 0 Å². The first-order valence-corrected chi connectivity index (χ1v) is 12.6. The lowest BCUT2D eigenvalue weighted by atomic mass is 10.0. The summed E-state index contributed by atoms with van der Waals surface area (Å²) in [5.41, 5.74) is 5.88. The highest BCUT2D eigenvalue weighted by Gasteiger charge is 2.50. The number of nitrogens with zero attached hydrogens (tertiary/aromatic N) is 6. The van der Waals surface area contributed by atoms with Gasteiger partial charge < -0.3 is 20.3 Å². The number of anilines is 3. The molecular weight excluding hydrogens is 468 g/mol. The molecule has 0 aromatic carbocycles. The molecule has 1 fully saturated rings. The van der Waals surface area contributed by atoms with Crippen LogP contribution in [-0.4, -0.2) is 62.3 Å². The number of pyridine rings is 3. The third kappa shape index (κ3) is 3.58. The van der Waals surface area contributed by atoms with Gasteiger partial charge in [0.15, 0.2) is 5.82 Å². The second-order valence-electron chi connectivity index (χ2n) is 10.4. The van der Waals surface area contributed by atoms with Crippen LogP contribution in [0.5, 0.6) is 5.88 Å². The number of carbonyl (C=O) groups excluding carboxylic acids is 1. The van der Waals surface area contributed by atoms with E-state index in [1.165, 1.54) is 0 Å². The summed E-state index contributed by atoms with van der Waals surface area (Å²) in [6.07, 6.45) is 5.84. The molecule has 10 nitrogen and oxygen atoms in total. The Morgan fingerprint density at radius 1 is 1.11 bits per heavy atom. The molecule has 1 spiro atoms. The smallest absolute Gasteiger partial charge is 0.244 e. The van der Waals surface area contributed by atoms with Gasteiger partial charge in [-0.05, 0) is 49.8 Å². The van der Waals surface area contributed by atoms with Crippen molar-refractivity contribution >= 4 is 34.0 Å². The number of ether oxygens (including phenoxy) is 1. The van der Waals surface area contributed by atoms with Gasteiger partial charge in [0.25, 0.3) is 0 Å². The molecule has 1 saturated carbocycles. The number of carbonyl (C=O) groups is 1. The summed E-state index contributed by atoms with van der Waals surface area (Å²) in [6, 6.07) is 6.17. The highest BCUT2D eigenvalue weighted by atomic mass is 16.5. The maximum Gasteiger partial charge on any atom is 0.244 e. The molecule has 4 aromatic heterocycles. The highest BCUT2D eigenvalue weighted by Crippen LogP contribution is 2.50. The SMILES string of the molecule is Cc1c(-c2cc3cc(Nc4cc5n(n4)CC(=O)N(C)CC54CC4)ncc3c(C)n2)cnc2c1NCCO2. The second-order valence-corrected chi connectivity index (χ2v) is 10.4. The van der Waals surface area contributed by atoms with E-state index in [0.717, 1.165) is 70.6 Å². The molecule has 0 atom stereocenters. The molecule has 37 heavy (non-hydrogen) atoms. The molecule has 2 N–H and O–H groups in total. The molecule has 0 radical (unpaired) electrons. The minimum atomic E-state index is 0.0308. The summed E-state index contributed by atoms with van der Waals surface area (Å²) in [7, 11) is 1.88. The number of amides is 1. The molecule has 2 aliphatic heterocycles. The average Bonchev–Trinajstić information content (AvgIpc) is 3.57. The van der Waals surface area contributed by atoms with E-state index in [9.17, 15) is 4.79 Å². The fraction of sp³-hybridized carbons (Fsp3) is 0.370. The van der Waals surface area contributed by atoms with E-state index in [2.05, 4.69) is 39.7 Å². The van der Waals surface area contributed by atoms with Crippen molar-refractivity contribution < 1.29 is 9.53 Å². The molecule has 6 heterocycles. The molecule has 1 amide bonds. The number of rotatable bonds is 3. The van der Waals surface area contributed by atoms with Gasteiger partial charge in [0, 0.05) is 66.3 Å². The number of hydrogen-bond acceptors (Lipinski definition) is 8. The van der Waals surface area contributed by atoms with E-state index in [1.54, 1.807) is 0 Å². The van der Waals surface area contributed by atoms with Gasteiger partial charge in [-0.1, -0.05) is 0 Å². The van der Waals surface area contributed by atoms with Gasteiger partial charge in [0.05, 0.1) is 5.69 Å². The van der Waals surface area contributed by atoms with Crippen molar-refractivity contribution in [1.29, 1.82) is 0 Å². The van der Waals surface area contributed by atoms with Gasteiger partial charge in [0.1, 0.15) is 24.7 Å². The number of hydrogen-bond donors (Lipinski definition) is 2. The minimum Gasteiger partial charge on any atom is -0.474 e. The van der Waals surface area contributed by atoms with Crippen LogP contribution in [0.25, 0.3) is 22.0 Å². The van der Waals surface area contributed by atoms with Crippen molar-refractivity contribution in [3.63, 3.8) is 0 Å². The number of fused-ring (bicyclic) bond motifs is 4. The molecule has 7 rings (SSSR count). The zero-order valence-corrected chi connectivity index (χ0v) is 21.1. The van der Waals surface area contributed by atoms with E-state index >= 15 is 0 Å². The number of aryl methyl sites for hydroxylation is 1. The van der Waals surface area contributed by atoms with Crippen LogP contribution < -0.4 is 15.4 Å². The number of nitrogens with one attached hydrogen (secondary N) is 2. The van der Waals surface area contributed by atoms with E-state index < -0.39 is 0 Å². The quantitative estimate of drug-likeness (QED) is 0.443. The second kappa shape index (κ2) is 7.89. The van der Waals surface area contributed by atoms with Crippen molar-refractivity contribution in [1.82, 2.24) is 29.6 Å². The maximum atomic E-state index is 12.5. The van der Waals surface area contributed by atoms with Crippen LogP contribution in [0, 0.1) is 13.8 Å². The molecule has 0 bridgehead atoms. The summed E-state index contributed by atoms with van der Waals surface area (Å²) in [5, 5.41) is 13.5. The highest BCUT2D eigenvalue weighted by molar-refractivity contribution is 5.90. The maximum absolute atomic E-state index is 12.5. The third-order valence-electron chi connectivity index (χ3n) is 7.81.